The van der Waals surface area contributed by atoms with Crippen molar-refractivity contribution in [1.29, 1.82) is 0 Å². The molecule has 2 aromatic carbocycles. The number of hydrogen-bond acceptors (Lipinski definition) is 10. The van der Waals surface area contributed by atoms with Crippen molar-refractivity contribution in [2.45, 2.75) is 57.9 Å². The first-order valence-electron chi connectivity index (χ1n) is 13.7. The maximum Gasteiger partial charge on any atom is 0.233 e. The number of aliphatic hydroxyl groups is 1. The number of aliphatic hydroxyl groups excluding tert-OH is 1. The molecule has 0 aliphatic carbocycles. The van der Waals surface area contributed by atoms with Crippen molar-refractivity contribution in [3.63, 3.8) is 0 Å². The lowest BCUT2D eigenvalue weighted by molar-refractivity contribution is -0.117. The maximum absolute atomic E-state index is 12.5. The molecule has 0 radical (unpaired) electrons. The quantitative estimate of drug-likeness (QED) is 0.120. The fraction of sp³-hybridized carbons (Fsp3) is 0.333. The molecule has 4 aromatic rings. The second-order valence-corrected chi connectivity index (χ2v) is 10.8. The zero-order chi connectivity index (χ0) is 29.7. The number of amides is 2. The molecule has 4 rings (SSSR count). The maximum atomic E-state index is 12.5. The second kappa shape index (κ2) is 15.8. The molecular weight excluding hydrogens is 554 g/mol. The summed E-state index contributed by atoms with van der Waals surface area (Å²) in [6.07, 6.45) is 2.43. The van der Waals surface area contributed by atoms with Gasteiger partial charge in [0, 0.05) is 20.1 Å². The molecule has 42 heavy (non-hydrogen) atoms. The molecular formula is C30H35N7O4S. The Hall–Kier alpha value is -4.10. The normalized spacial score (nSPS) is 12.5. The number of unbranched alkanes of at least 4 members (excludes halogenated alkanes) is 1. The van der Waals surface area contributed by atoms with Crippen molar-refractivity contribution in [1.82, 2.24) is 25.7 Å². The van der Waals surface area contributed by atoms with Gasteiger partial charge in [-0.25, -0.2) is 0 Å². The molecule has 220 valence electrons. The summed E-state index contributed by atoms with van der Waals surface area (Å²) in [5.74, 6) is -0.178. The minimum atomic E-state index is -1.04. The van der Waals surface area contributed by atoms with Crippen LogP contribution in [-0.2, 0) is 40.1 Å². The fourth-order valence-corrected chi connectivity index (χ4v) is 4.95. The summed E-state index contributed by atoms with van der Waals surface area (Å²) in [5.41, 5.74) is 3.56. The molecule has 0 fully saturated rings. The predicted molar refractivity (Wildman–Crippen MR) is 161 cm³/mol. The smallest absolute Gasteiger partial charge is 0.233 e. The zero-order valence-corrected chi connectivity index (χ0v) is 24.4. The molecule has 0 aliphatic heterocycles. The highest BCUT2D eigenvalue weighted by molar-refractivity contribution is 7.15. The average Bonchev–Trinajstić information content (AvgIpc) is 3.46. The summed E-state index contributed by atoms with van der Waals surface area (Å²) in [7, 11) is 1.41. The van der Waals surface area contributed by atoms with Gasteiger partial charge in [0.1, 0.15) is 5.01 Å². The van der Waals surface area contributed by atoms with Crippen LogP contribution in [0.3, 0.4) is 0 Å². The van der Waals surface area contributed by atoms with Crippen LogP contribution in [0.4, 0.5) is 10.9 Å². The Balaban J connectivity index is 1.15. The van der Waals surface area contributed by atoms with Gasteiger partial charge in [-0.15, -0.1) is 15.3 Å². The molecule has 0 aliphatic rings. The topological polar surface area (TPSA) is 151 Å². The van der Waals surface area contributed by atoms with Gasteiger partial charge < -0.3 is 20.5 Å². The molecule has 2 heterocycles. The lowest BCUT2D eigenvalue weighted by atomic mass is 10.0. The van der Waals surface area contributed by atoms with E-state index in [4.69, 9.17) is 4.74 Å². The molecule has 0 saturated carbocycles. The number of carbonyl (C=O) groups excluding carboxylic acids is 2. The number of nitrogens with zero attached hydrogens (tertiary/aromatic N) is 4. The molecule has 2 aromatic heterocycles. The predicted octanol–water partition coefficient (Wildman–Crippen LogP) is 3.83. The number of ether oxygens (including phenoxy) is 1. The van der Waals surface area contributed by atoms with Crippen LogP contribution in [0.25, 0.3) is 0 Å². The van der Waals surface area contributed by atoms with Crippen LogP contribution in [0.15, 0.2) is 66.7 Å². The first-order chi connectivity index (χ1) is 20.4. The number of carbonyl (C=O) groups is 2. The SMILES string of the molecule is COC(O)NCc1cccc(CC(=O)Nc2ccc(CCCCc3nnc(NC(=O)C(C)c4ccccc4)s3)nn2)c1. The summed E-state index contributed by atoms with van der Waals surface area (Å²) in [4.78, 5) is 25.1. The Morgan fingerprint density at radius 3 is 2.45 bits per heavy atom. The van der Waals surface area contributed by atoms with E-state index in [9.17, 15) is 14.7 Å². The van der Waals surface area contributed by atoms with E-state index in [0.717, 1.165) is 53.1 Å². The molecule has 12 heteroatoms. The minimum Gasteiger partial charge on any atom is -0.356 e. The Labute approximate surface area is 248 Å². The fourth-order valence-electron chi connectivity index (χ4n) is 4.16. The van der Waals surface area contributed by atoms with Crippen molar-refractivity contribution in [3.05, 3.63) is 94.1 Å². The first kappa shape index (κ1) is 30.8. The van der Waals surface area contributed by atoms with Crippen LogP contribution >= 0.6 is 11.3 Å². The highest BCUT2D eigenvalue weighted by Crippen LogP contribution is 2.21. The molecule has 4 N–H and O–H groups in total. The second-order valence-electron chi connectivity index (χ2n) is 9.75. The van der Waals surface area contributed by atoms with Crippen LogP contribution in [0.2, 0.25) is 0 Å². The van der Waals surface area contributed by atoms with Gasteiger partial charge in [-0.2, -0.15) is 5.10 Å². The largest absolute Gasteiger partial charge is 0.356 e. The van der Waals surface area contributed by atoms with Gasteiger partial charge in [0.25, 0.3) is 0 Å². The van der Waals surface area contributed by atoms with Crippen molar-refractivity contribution in [3.8, 4) is 0 Å². The van der Waals surface area contributed by atoms with Gasteiger partial charge in [0.15, 0.2) is 5.82 Å². The van der Waals surface area contributed by atoms with Gasteiger partial charge in [-0.1, -0.05) is 65.9 Å². The summed E-state index contributed by atoms with van der Waals surface area (Å²) in [6.45, 7) is 2.28. The van der Waals surface area contributed by atoms with Gasteiger partial charge in [0.05, 0.1) is 18.0 Å². The Morgan fingerprint density at radius 2 is 1.69 bits per heavy atom. The van der Waals surface area contributed by atoms with Crippen LogP contribution in [-0.4, -0.2) is 50.8 Å². The van der Waals surface area contributed by atoms with Gasteiger partial charge in [-0.05, 0) is 55.0 Å². The van der Waals surface area contributed by atoms with E-state index in [1.54, 1.807) is 6.07 Å². The van der Waals surface area contributed by atoms with Gasteiger partial charge in [0.2, 0.25) is 23.4 Å². The Bertz CT molecular complexity index is 1430. The number of benzene rings is 2. The van der Waals surface area contributed by atoms with E-state index in [-0.39, 0.29) is 24.2 Å². The average molecular weight is 590 g/mol. The number of anilines is 2. The monoisotopic (exact) mass is 589 g/mol. The van der Waals surface area contributed by atoms with Crippen LogP contribution in [0, 0.1) is 0 Å². The number of hydrogen-bond donors (Lipinski definition) is 4. The first-order valence-corrected chi connectivity index (χ1v) is 14.5. The highest BCUT2D eigenvalue weighted by Gasteiger charge is 2.17. The highest BCUT2D eigenvalue weighted by atomic mass is 32.1. The van der Waals surface area contributed by atoms with E-state index in [1.807, 2.05) is 67.6 Å². The van der Waals surface area contributed by atoms with Crippen LogP contribution in [0.1, 0.15) is 53.1 Å². The third-order valence-electron chi connectivity index (χ3n) is 6.51. The van der Waals surface area contributed by atoms with E-state index < -0.39 is 6.41 Å². The lowest BCUT2D eigenvalue weighted by Gasteiger charge is -2.11. The lowest BCUT2D eigenvalue weighted by Crippen LogP contribution is -2.29. The third kappa shape index (κ3) is 9.77. The van der Waals surface area contributed by atoms with Crippen molar-refractivity contribution < 1.29 is 19.4 Å². The van der Waals surface area contributed by atoms with E-state index in [1.165, 1.54) is 18.4 Å². The van der Waals surface area contributed by atoms with E-state index >= 15 is 0 Å². The van der Waals surface area contributed by atoms with Gasteiger partial charge in [-0.3, -0.25) is 14.9 Å². The van der Waals surface area contributed by atoms with Crippen LogP contribution in [0.5, 0.6) is 0 Å². The molecule has 2 atom stereocenters. The third-order valence-corrected chi connectivity index (χ3v) is 7.41. The number of aryl methyl sites for hydroxylation is 2. The van der Waals surface area contributed by atoms with E-state index in [0.29, 0.717) is 17.5 Å². The summed E-state index contributed by atoms with van der Waals surface area (Å²) in [6, 6.07) is 20.8. The summed E-state index contributed by atoms with van der Waals surface area (Å²) >= 11 is 1.39. The standard InChI is InChI=1S/C30H35N7O4S/c1-20(23-11-4-3-5-12-23)28(39)33-29-37-36-27(42-29)14-7-6-13-24-15-16-25(35-34-24)32-26(38)18-21-9-8-10-22(17-21)19-31-30(40)41-2/h3-5,8-12,15-17,20,30-31,40H,6-7,13-14,18-19H2,1-2H3,(H,32,35,38)(H,33,37,39). The van der Waals surface area contributed by atoms with Crippen molar-refractivity contribution >= 4 is 34.1 Å². The molecule has 0 saturated heterocycles. The molecule has 2 amide bonds. The van der Waals surface area contributed by atoms with Crippen molar-refractivity contribution in [2.24, 2.45) is 0 Å². The Kier molecular flexibility index (Phi) is 11.6. The summed E-state index contributed by atoms with van der Waals surface area (Å²) in [5, 5.41) is 36.0. The Morgan fingerprint density at radius 1 is 0.905 bits per heavy atom. The molecule has 2 unspecified atom stereocenters. The number of rotatable bonds is 15. The molecule has 0 bridgehead atoms. The molecule has 11 nitrogen and oxygen atoms in total. The van der Waals surface area contributed by atoms with Gasteiger partial charge >= 0.3 is 0 Å². The minimum absolute atomic E-state index is 0.107. The zero-order valence-electron chi connectivity index (χ0n) is 23.6. The summed E-state index contributed by atoms with van der Waals surface area (Å²) < 4.78 is 4.77. The number of aromatic nitrogens is 4. The number of methoxy groups -OCH3 is 1. The van der Waals surface area contributed by atoms with Crippen molar-refractivity contribution in [2.75, 3.05) is 17.7 Å². The number of nitrogens with one attached hydrogen (secondary N) is 3. The van der Waals surface area contributed by atoms with E-state index in [2.05, 4.69) is 36.3 Å². The van der Waals surface area contributed by atoms with Crippen LogP contribution < -0.4 is 16.0 Å². The molecule has 0 spiro atoms.